The van der Waals surface area contributed by atoms with Crippen molar-refractivity contribution in [1.82, 2.24) is 4.98 Å². The Hall–Kier alpha value is -1.74. The van der Waals surface area contributed by atoms with Crippen LogP contribution in [-0.2, 0) is 0 Å². The van der Waals surface area contributed by atoms with Gasteiger partial charge in [-0.1, -0.05) is 23.7 Å². The lowest BCUT2D eigenvalue weighted by molar-refractivity contribution is 0.0851. The predicted octanol–water partition coefficient (Wildman–Crippen LogP) is 3.25. The maximum absolute atomic E-state index is 5.85. The number of pyridine rings is 1. The third-order valence-corrected chi connectivity index (χ3v) is 2.87. The first kappa shape index (κ1) is 10.4. The van der Waals surface area contributed by atoms with Crippen molar-refractivity contribution in [1.29, 1.82) is 0 Å². The molecule has 0 unspecified atom stereocenters. The van der Waals surface area contributed by atoms with E-state index in [0.717, 1.165) is 5.56 Å². The lowest BCUT2D eigenvalue weighted by Crippen LogP contribution is -2.22. The van der Waals surface area contributed by atoms with E-state index in [9.17, 15) is 0 Å². The van der Waals surface area contributed by atoms with E-state index in [2.05, 4.69) is 4.98 Å². The van der Waals surface area contributed by atoms with Gasteiger partial charge in [-0.2, -0.15) is 0 Å². The molecule has 1 aliphatic rings. The van der Waals surface area contributed by atoms with Crippen molar-refractivity contribution in [2.24, 2.45) is 0 Å². The number of aromatic nitrogens is 1. The highest BCUT2D eigenvalue weighted by Gasteiger charge is 2.22. The van der Waals surface area contributed by atoms with Gasteiger partial charge in [-0.3, -0.25) is 0 Å². The molecule has 0 saturated heterocycles. The highest BCUT2D eigenvalue weighted by Crippen LogP contribution is 2.33. The fraction of sp³-hybridized carbons (Fsp3) is 0.154. The van der Waals surface area contributed by atoms with Crippen LogP contribution in [0.25, 0.3) is 0 Å². The molecule has 86 valence electrons. The number of fused-ring (bicyclic) bond motifs is 1. The number of rotatable bonds is 1. The molecule has 1 aromatic carbocycles. The molecule has 1 atom stereocenters. The van der Waals surface area contributed by atoms with E-state index in [1.165, 1.54) is 0 Å². The topological polar surface area (TPSA) is 31.4 Å². The molecule has 0 fully saturated rings. The smallest absolute Gasteiger partial charge is 0.257 e. The second-order valence-corrected chi connectivity index (χ2v) is 4.21. The van der Waals surface area contributed by atoms with Gasteiger partial charge in [0.2, 0.25) is 0 Å². The monoisotopic (exact) mass is 247 g/mol. The average molecular weight is 248 g/mol. The molecule has 0 spiro atoms. The molecule has 2 heterocycles. The summed E-state index contributed by atoms with van der Waals surface area (Å²) in [7, 11) is 0. The number of hydrogen-bond donors (Lipinski definition) is 0. The Kier molecular flexibility index (Phi) is 2.61. The molecule has 0 radical (unpaired) electrons. The summed E-state index contributed by atoms with van der Waals surface area (Å²) in [4.78, 5) is 4.14. The van der Waals surface area contributed by atoms with Gasteiger partial charge in [0, 0.05) is 11.2 Å². The number of benzene rings is 1. The third kappa shape index (κ3) is 2.06. The van der Waals surface area contributed by atoms with Gasteiger partial charge in [-0.25, -0.2) is 4.98 Å². The molecule has 0 amide bonds. The number of ether oxygens (including phenoxy) is 2. The summed E-state index contributed by atoms with van der Waals surface area (Å²) >= 11 is 5.85. The van der Waals surface area contributed by atoms with Crippen LogP contribution in [0.4, 0.5) is 0 Å². The Morgan fingerprint density at radius 1 is 1.18 bits per heavy atom. The molecular weight excluding hydrogens is 238 g/mol. The van der Waals surface area contributed by atoms with Gasteiger partial charge >= 0.3 is 0 Å². The summed E-state index contributed by atoms with van der Waals surface area (Å²) in [5.74, 6) is 1.23. The zero-order chi connectivity index (χ0) is 11.7. The van der Waals surface area contributed by atoms with E-state index in [4.69, 9.17) is 21.1 Å². The van der Waals surface area contributed by atoms with Crippen molar-refractivity contribution < 1.29 is 9.47 Å². The van der Waals surface area contributed by atoms with Gasteiger partial charge in [-0.05, 0) is 29.8 Å². The maximum Gasteiger partial charge on any atom is 0.257 e. The molecule has 1 aromatic heterocycles. The molecule has 3 nitrogen and oxygen atoms in total. The molecule has 2 aromatic rings. The van der Waals surface area contributed by atoms with Crippen LogP contribution >= 0.6 is 11.6 Å². The average Bonchev–Trinajstić information content (AvgIpc) is 2.39. The Balaban J connectivity index is 1.86. The molecule has 4 heteroatoms. The minimum Gasteiger partial charge on any atom is -0.484 e. The minimum atomic E-state index is -0.130. The van der Waals surface area contributed by atoms with Crippen molar-refractivity contribution in [3.63, 3.8) is 0 Å². The molecule has 0 aliphatic carbocycles. The minimum absolute atomic E-state index is 0.130. The summed E-state index contributed by atoms with van der Waals surface area (Å²) in [6.45, 7) is 0.486. The molecular formula is C13H10ClNO2. The normalized spacial score (nSPS) is 17.8. The van der Waals surface area contributed by atoms with E-state index in [-0.39, 0.29) is 6.10 Å². The predicted molar refractivity (Wildman–Crippen MR) is 64.6 cm³/mol. The van der Waals surface area contributed by atoms with Crippen molar-refractivity contribution in [2.45, 2.75) is 6.10 Å². The lowest BCUT2D eigenvalue weighted by atomic mass is 10.1. The van der Waals surface area contributed by atoms with E-state index in [0.29, 0.717) is 23.3 Å². The number of hydrogen-bond acceptors (Lipinski definition) is 3. The van der Waals surface area contributed by atoms with E-state index >= 15 is 0 Å². The molecule has 3 rings (SSSR count). The zero-order valence-corrected chi connectivity index (χ0v) is 9.72. The Labute approximate surface area is 104 Å². The summed E-state index contributed by atoms with van der Waals surface area (Å²) in [5.41, 5.74) is 1.03. The van der Waals surface area contributed by atoms with Gasteiger partial charge in [0.15, 0.2) is 11.9 Å². The van der Waals surface area contributed by atoms with Crippen LogP contribution in [0, 0.1) is 0 Å². The number of nitrogens with zero attached hydrogens (tertiary/aromatic N) is 1. The van der Waals surface area contributed by atoms with Gasteiger partial charge in [0.1, 0.15) is 6.61 Å². The van der Waals surface area contributed by atoms with Gasteiger partial charge < -0.3 is 9.47 Å². The second-order valence-electron chi connectivity index (χ2n) is 3.78. The van der Waals surface area contributed by atoms with E-state index < -0.39 is 0 Å². The SMILES string of the molecule is Clc1ccc([C@@H]2COc3cccnc3O2)cc1. The van der Waals surface area contributed by atoms with Gasteiger partial charge in [-0.15, -0.1) is 0 Å². The largest absolute Gasteiger partial charge is 0.484 e. The van der Waals surface area contributed by atoms with Crippen molar-refractivity contribution in [3.8, 4) is 11.6 Å². The van der Waals surface area contributed by atoms with Crippen LogP contribution in [0.15, 0.2) is 42.6 Å². The lowest BCUT2D eigenvalue weighted by Gasteiger charge is -2.25. The highest BCUT2D eigenvalue weighted by atomic mass is 35.5. The molecule has 0 N–H and O–H groups in total. The standard InChI is InChI=1S/C13H10ClNO2/c14-10-5-3-9(4-6-10)12-8-16-11-2-1-7-15-13(11)17-12/h1-7,12H,8H2/t12-/m0/s1. The van der Waals surface area contributed by atoms with Crippen molar-refractivity contribution >= 4 is 11.6 Å². The summed E-state index contributed by atoms with van der Waals surface area (Å²) in [5, 5.41) is 0.712. The Morgan fingerprint density at radius 3 is 2.82 bits per heavy atom. The zero-order valence-electron chi connectivity index (χ0n) is 8.97. The van der Waals surface area contributed by atoms with Gasteiger partial charge in [0.05, 0.1) is 0 Å². The third-order valence-electron chi connectivity index (χ3n) is 2.62. The first-order valence-electron chi connectivity index (χ1n) is 5.33. The number of halogens is 1. The van der Waals surface area contributed by atoms with Crippen molar-refractivity contribution in [2.75, 3.05) is 6.61 Å². The fourth-order valence-electron chi connectivity index (χ4n) is 1.75. The molecule has 0 bridgehead atoms. The van der Waals surface area contributed by atoms with Crippen LogP contribution in [0.3, 0.4) is 0 Å². The van der Waals surface area contributed by atoms with Crippen molar-refractivity contribution in [3.05, 3.63) is 53.2 Å². The molecule has 17 heavy (non-hydrogen) atoms. The van der Waals surface area contributed by atoms with E-state index in [1.54, 1.807) is 6.20 Å². The Bertz CT molecular complexity index is 527. The highest BCUT2D eigenvalue weighted by molar-refractivity contribution is 6.30. The fourth-order valence-corrected chi connectivity index (χ4v) is 1.88. The van der Waals surface area contributed by atoms with Gasteiger partial charge in [0.25, 0.3) is 5.88 Å². The summed E-state index contributed by atoms with van der Waals surface area (Å²) < 4.78 is 11.4. The summed E-state index contributed by atoms with van der Waals surface area (Å²) in [6, 6.07) is 11.2. The van der Waals surface area contributed by atoms with Crippen LogP contribution in [0.2, 0.25) is 5.02 Å². The second kappa shape index (κ2) is 4.26. The van der Waals surface area contributed by atoms with Crippen LogP contribution in [0.1, 0.15) is 11.7 Å². The van der Waals surface area contributed by atoms with Crippen LogP contribution in [-0.4, -0.2) is 11.6 Å². The van der Waals surface area contributed by atoms with E-state index in [1.807, 2.05) is 36.4 Å². The first-order chi connectivity index (χ1) is 8.33. The van der Waals surface area contributed by atoms with Crippen LogP contribution < -0.4 is 9.47 Å². The maximum atomic E-state index is 5.85. The molecule has 0 saturated carbocycles. The Morgan fingerprint density at radius 2 is 2.00 bits per heavy atom. The summed E-state index contributed by atoms with van der Waals surface area (Å²) in [6.07, 6.45) is 1.56. The van der Waals surface area contributed by atoms with Crippen LogP contribution in [0.5, 0.6) is 11.6 Å². The quantitative estimate of drug-likeness (QED) is 0.775. The first-order valence-corrected chi connectivity index (χ1v) is 5.71. The molecule has 1 aliphatic heterocycles.